The number of unbranched alkanes of at least 4 members (excludes halogenated alkanes) is 4. The minimum Gasteiger partial charge on any atom is -0.467 e. The Kier molecular flexibility index (Phi) is 9.43. The van der Waals surface area contributed by atoms with Crippen molar-refractivity contribution in [3.05, 3.63) is 0 Å². The second kappa shape index (κ2) is 10.1. The third kappa shape index (κ3) is 7.74. The van der Waals surface area contributed by atoms with E-state index in [-0.39, 0.29) is 5.91 Å². The van der Waals surface area contributed by atoms with Gasteiger partial charge in [-0.1, -0.05) is 32.6 Å². The number of carbonyl (C=O) groups is 2. The number of carbonyl (C=O) groups excluding carboxylic acids is 2. The van der Waals surface area contributed by atoms with Crippen molar-refractivity contribution in [1.29, 1.82) is 0 Å². The van der Waals surface area contributed by atoms with Crippen LogP contribution in [0, 0.1) is 0 Å². The molecule has 0 spiro atoms. The zero-order chi connectivity index (χ0) is 13.1. The van der Waals surface area contributed by atoms with Gasteiger partial charge in [-0.15, -0.1) is 0 Å². The SMILES string of the molecule is CCCCCCCC(=O)NC(CO)C(=O)OC. The highest BCUT2D eigenvalue weighted by atomic mass is 16.5. The van der Waals surface area contributed by atoms with Crippen LogP contribution in [0.2, 0.25) is 0 Å². The van der Waals surface area contributed by atoms with Crippen molar-refractivity contribution in [3.63, 3.8) is 0 Å². The summed E-state index contributed by atoms with van der Waals surface area (Å²) in [6.45, 7) is 1.70. The minimum atomic E-state index is -0.942. The largest absolute Gasteiger partial charge is 0.467 e. The van der Waals surface area contributed by atoms with Crippen LogP contribution in [0.5, 0.6) is 0 Å². The highest BCUT2D eigenvalue weighted by Crippen LogP contribution is 2.04. The van der Waals surface area contributed by atoms with E-state index in [1.807, 2.05) is 0 Å². The molecule has 100 valence electrons. The van der Waals surface area contributed by atoms with Crippen LogP contribution in [0.3, 0.4) is 0 Å². The zero-order valence-electron chi connectivity index (χ0n) is 10.7. The summed E-state index contributed by atoms with van der Waals surface area (Å²) in [4.78, 5) is 22.5. The van der Waals surface area contributed by atoms with Gasteiger partial charge in [-0.25, -0.2) is 4.79 Å². The summed E-state index contributed by atoms with van der Waals surface area (Å²) in [6, 6.07) is -0.942. The van der Waals surface area contributed by atoms with Crippen molar-refractivity contribution >= 4 is 11.9 Å². The maximum atomic E-state index is 11.4. The van der Waals surface area contributed by atoms with Crippen molar-refractivity contribution in [2.45, 2.75) is 51.5 Å². The van der Waals surface area contributed by atoms with Gasteiger partial charge in [-0.2, -0.15) is 0 Å². The Bertz CT molecular complexity index is 231. The first-order valence-corrected chi connectivity index (χ1v) is 6.13. The predicted octanol–water partition coefficient (Wildman–Crippen LogP) is 0.997. The van der Waals surface area contributed by atoms with E-state index in [1.165, 1.54) is 20.0 Å². The summed E-state index contributed by atoms with van der Waals surface area (Å²) in [5.41, 5.74) is 0. The molecule has 0 bridgehead atoms. The van der Waals surface area contributed by atoms with E-state index in [0.29, 0.717) is 6.42 Å². The molecule has 0 saturated heterocycles. The third-order valence-electron chi connectivity index (χ3n) is 2.51. The summed E-state index contributed by atoms with van der Waals surface area (Å²) in [5.74, 6) is -0.835. The number of hydrogen-bond acceptors (Lipinski definition) is 4. The molecule has 0 aromatic carbocycles. The minimum absolute atomic E-state index is 0.217. The molecule has 0 rings (SSSR count). The van der Waals surface area contributed by atoms with Crippen LogP contribution in [0.4, 0.5) is 0 Å². The first kappa shape index (κ1) is 15.9. The number of rotatable bonds is 9. The molecule has 0 aliphatic heterocycles. The van der Waals surface area contributed by atoms with Crippen LogP contribution < -0.4 is 5.32 Å². The lowest BCUT2D eigenvalue weighted by atomic mass is 10.1. The average Bonchev–Trinajstić information content (AvgIpc) is 2.34. The van der Waals surface area contributed by atoms with Gasteiger partial charge in [-0.05, 0) is 6.42 Å². The lowest BCUT2D eigenvalue weighted by Crippen LogP contribution is -2.43. The molecule has 0 saturated carbocycles. The number of aliphatic hydroxyl groups excluding tert-OH is 1. The topological polar surface area (TPSA) is 75.6 Å². The van der Waals surface area contributed by atoms with Gasteiger partial charge in [0.1, 0.15) is 0 Å². The molecule has 5 nitrogen and oxygen atoms in total. The Morgan fingerprint density at radius 3 is 2.41 bits per heavy atom. The first-order valence-electron chi connectivity index (χ1n) is 6.13. The molecule has 1 amide bonds. The second-order valence-corrected chi connectivity index (χ2v) is 3.99. The van der Waals surface area contributed by atoms with Crippen LogP contribution in [-0.4, -0.2) is 36.7 Å². The fourth-order valence-electron chi connectivity index (χ4n) is 1.48. The molecule has 1 unspecified atom stereocenters. The molecule has 17 heavy (non-hydrogen) atoms. The smallest absolute Gasteiger partial charge is 0.330 e. The van der Waals surface area contributed by atoms with Crippen molar-refractivity contribution in [1.82, 2.24) is 5.32 Å². The maximum absolute atomic E-state index is 11.4. The Morgan fingerprint density at radius 2 is 1.88 bits per heavy atom. The monoisotopic (exact) mass is 245 g/mol. The van der Waals surface area contributed by atoms with Crippen molar-refractivity contribution < 1.29 is 19.4 Å². The van der Waals surface area contributed by atoms with E-state index in [2.05, 4.69) is 17.0 Å². The average molecular weight is 245 g/mol. The van der Waals surface area contributed by atoms with Gasteiger partial charge >= 0.3 is 5.97 Å². The van der Waals surface area contributed by atoms with Crippen molar-refractivity contribution in [2.24, 2.45) is 0 Å². The molecule has 0 aliphatic carbocycles. The molecule has 0 aliphatic rings. The molecule has 1 atom stereocenters. The number of ether oxygens (including phenoxy) is 1. The summed E-state index contributed by atoms with van der Waals surface area (Å²) >= 11 is 0. The normalized spacial score (nSPS) is 11.9. The Hall–Kier alpha value is -1.10. The molecule has 0 fully saturated rings. The fourth-order valence-corrected chi connectivity index (χ4v) is 1.48. The molecule has 0 aromatic rings. The van der Waals surface area contributed by atoms with Crippen molar-refractivity contribution in [3.8, 4) is 0 Å². The fraction of sp³-hybridized carbons (Fsp3) is 0.833. The van der Waals surface area contributed by atoms with Crippen molar-refractivity contribution in [2.75, 3.05) is 13.7 Å². The van der Waals surface area contributed by atoms with Gasteiger partial charge < -0.3 is 15.2 Å². The number of aliphatic hydroxyl groups is 1. The summed E-state index contributed by atoms with van der Waals surface area (Å²) in [5, 5.41) is 11.3. The quantitative estimate of drug-likeness (QED) is 0.469. The van der Waals surface area contributed by atoms with E-state index in [0.717, 1.165) is 19.3 Å². The van der Waals surface area contributed by atoms with E-state index in [9.17, 15) is 9.59 Å². The number of nitrogens with one attached hydrogen (secondary N) is 1. The lowest BCUT2D eigenvalue weighted by Gasteiger charge is -2.13. The molecule has 5 heteroatoms. The summed E-state index contributed by atoms with van der Waals surface area (Å²) in [6.07, 6.45) is 5.69. The molecule has 2 N–H and O–H groups in total. The second-order valence-electron chi connectivity index (χ2n) is 3.99. The van der Waals surface area contributed by atoms with Gasteiger partial charge in [0.05, 0.1) is 13.7 Å². The molecule has 0 radical (unpaired) electrons. The molecule has 0 heterocycles. The Labute approximate surface area is 103 Å². The predicted molar refractivity (Wildman–Crippen MR) is 64.4 cm³/mol. The van der Waals surface area contributed by atoms with Crippen LogP contribution in [0.15, 0.2) is 0 Å². The highest BCUT2D eigenvalue weighted by Gasteiger charge is 2.19. The number of methoxy groups -OCH3 is 1. The van der Waals surface area contributed by atoms with Crippen LogP contribution in [0.1, 0.15) is 45.4 Å². The molecular formula is C12H23NO4. The lowest BCUT2D eigenvalue weighted by molar-refractivity contribution is -0.146. The number of hydrogen-bond donors (Lipinski definition) is 2. The van der Waals surface area contributed by atoms with E-state index < -0.39 is 18.6 Å². The Morgan fingerprint density at radius 1 is 1.24 bits per heavy atom. The summed E-state index contributed by atoms with van der Waals surface area (Å²) in [7, 11) is 1.22. The van der Waals surface area contributed by atoms with E-state index >= 15 is 0 Å². The van der Waals surface area contributed by atoms with Gasteiger partial charge in [0.25, 0.3) is 0 Å². The van der Waals surface area contributed by atoms with Gasteiger partial charge in [0, 0.05) is 6.42 Å². The molecular weight excluding hydrogens is 222 g/mol. The van der Waals surface area contributed by atoms with Gasteiger partial charge in [0.15, 0.2) is 6.04 Å². The third-order valence-corrected chi connectivity index (χ3v) is 2.51. The first-order chi connectivity index (χ1) is 8.15. The summed E-state index contributed by atoms with van der Waals surface area (Å²) < 4.78 is 4.45. The van der Waals surface area contributed by atoms with Gasteiger partial charge in [0.2, 0.25) is 5.91 Å². The standard InChI is InChI=1S/C12H23NO4/c1-3-4-5-6-7-8-11(15)13-10(9-14)12(16)17-2/h10,14H,3-9H2,1-2H3,(H,13,15). The Balaban J connectivity index is 3.72. The molecule has 0 aromatic heterocycles. The number of amides is 1. The number of esters is 1. The maximum Gasteiger partial charge on any atom is 0.330 e. The van der Waals surface area contributed by atoms with Gasteiger partial charge in [-0.3, -0.25) is 4.79 Å². The zero-order valence-corrected chi connectivity index (χ0v) is 10.7. The van der Waals surface area contributed by atoms with E-state index in [1.54, 1.807) is 0 Å². The van der Waals surface area contributed by atoms with Crippen LogP contribution >= 0.6 is 0 Å². The highest BCUT2D eigenvalue weighted by molar-refractivity contribution is 5.84. The van der Waals surface area contributed by atoms with E-state index in [4.69, 9.17) is 5.11 Å². The van der Waals surface area contributed by atoms with Crippen LogP contribution in [0.25, 0.3) is 0 Å². The van der Waals surface area contributed by atoms with Crippen LogP contribution in [-0.2, 0) is 14.3 Å².